The highest BCUT2D eigenvalue weighted by Crippen LogP contribution is 2.32. The first-order valence-electron chi connectivity index (χ1n) is 8.74. The van der Waals surface area contributed by atoms with Crippen LogP contribution in [0.1, 0.15) is 13.8 Å². The first kappa shape index (κ1) is 18.2. The van der Waals surface area contributed by atoms with Gasteiger partial charge >= 0.3 is 0 Å². The van der Waals surface area contributed by atoms with E-state index >= 15 is 0 Å². The molecule has 0 aliphatic carbocycles. The summed E-state index contributed by atoms with van der Waals surface area (Å²) in [4.78, 5) is 7.91. The van der Waals surface area contributed by atoms with Crippen LogP contribution in [0, 0.1) is 0 Å². The molecular formula is C20H25N3O3. The predicted molar refractivity (Wildman–Crippen MR) is 103 cm³/mol. The van der Waals surface area contributed by atoms with Crippen molar-refractivity contribution >= 4 is 11.0 Å². The molecule has 0 radical (unpaired) electrons. The zero-order valence-corrected chi connectivity index (χ0v) is 15.3. The van der Waals surface area contributed by atoms with Crippen molar-refractivity contribution in [3.8, 4) is 22.9 Å². The van der Waals surface area contributed by atoms with Crippen LogP contribution in [0.15, 0.2) is 42.5 Å². The van der Waals surface area contributed by atoms with Crippen molar-refractivity contribution in [1.29, 1.82) is 0 Å². The van der Waals surface area contributed by atoms with Crippen molar-refractivity contribution in [2.75, 3.05) is 20.3 Å². The quantitative estimate of drug-likeness (QED) is 0.579. The minimum Gasteiger partial charge on any atom is -0.493 e. The molecule has 0 bridgehead atoms. The molecule has 0 amide bonds. The number of aliphatic hydroxyl groups is 1. The molecule has 26 heavy (non-hydrogen) atoms. The van der Waals surface area contributed by atoms with Gasteiger partial charge in [-0.15, -0.1) is 0 Å². The third kappa shape index (κ3) is 4.33. The molecule has 0 saturated heterocycles. The fourth-order valence-corrected chi connectivity index (χ4v) is 2.64. The molecule has 1 aromatic heterocycles. The summed E-state index contributed by atoms with van der Waals surface area (Å²) >= 11 is 0. The Kier molecular flexibility index (Phi) is 5.75. The first-order chi connectivity index (χ1) is 12.6. The third-order valence-electron chi connectivity index (χ3n) is 4.02. The second-order valence-corrected chi connectivity index (χ2v) is 6.50. The lowest BCUT2D eigenvalue weighted by atomic mass is 10.2. The van der Waals surface area contributed by atoms with Crippen LogP contribution in [-0.4, -0.2) is 47.5 Å². The highest BCUT2D eigenvalue weighted by Gasteiger charge is 2.12. The van der Waals surface area contributed by atoms with Crippen molar-refractivity contribution in [2.24, 2.45) is 0 Å². The summed E-state index contributed by atoms with van der Waals surface area (Å²) in [5, 5.41) is 13.2. The Balaban J connectivity index is 1.73. The van der Waals surface area contributed by atoms with Crippen molar-refractivity contribution in [1.82, 2.24) is 15.3 Å². The lowest BCUT2D eigenvalue weighted by molar-refractivity contribution is 0.103. The normalized spacial score (nSPS) is 12.5. The molecule has 6 nitrogen and oxygen atoms in total. The number of methoxy groups -OCH3 is 1. The molecule has 0 aliphatic heterocycles. The molecule has 0 spiro atoms. The van der Waals surface area contributed by atoms with Crippen molar-refractivity contribution in [3.05, 3.63) is 42.5 Å². The van der Waals surface area contributed by atoms with Gasteiger partial charge in [0, 0.05) is 18.2 Å². The van der Waals surface area contributed by atoms with Crippen LogP contribution in [0.25, 0.3) is 22.4 Å². The largest absolute Gasteiger partial charge is 0.493 e. The maximum Gasteiger partial charge on any atom is 0.161 e. The van der Waals surface area contributed by atoms with Crippen LogP contribution in [-0.2, 0) is 0 Å². The minimum atomic E-state index is -0.586. The lowest BCUT2D eigenvalue weighted by Crippen LogP contribution is -2.35. The van der Waals surface area contributed by atoms with Crippen LogP contribution in [0.3, 0.4) is 0 Å². The highest BCUT2D eigenvalue weighted by molar-refractivity contribution is 5.79. The SMILES string of the molecule is COc1cc(-c2nc3ccccc3[nH]2)ccc1OCC(O)CNC(C)C. The Labute approximate surface area is 153 Å². The van der Waals surface area contributed by atoms with Crippen LogP contribution < -0.4 is 14.8 Å². The van der Waals surface area contributed by atoms with E-state index in [0.717, 1.165) is 22.4 Å². The van der Waals surface area contributed by atoms with Crippen LogP contribution in [0.5, 0.6) is 11.5 Å². The Hall–Kier alpha value is -2.57. The number of H-pyrrole nitrogens is 1. The standard InChI is InChI=1S/C20H25N3O3/c1-13(2)21-11-15(24)12-26-18-9-8-14(10-19(18)25-3)20-22-16-6-4-5-7-17(16)23-20/h4-10,13,15,21,24H,11-12H2,1-3H3,(H,22,23). The number of hydrogen-bond donors (Lipinski definition) is 3. The van der Waals surface area contributed by atoms with Gasteiger partial charge in [-0.25, -0.2) is 4.98 Å². The average Bonchev–Trinajstić information content (AvgIpc) is 3.08. The molecule has 1 unspecified atom stereocenters. The zero-order valence-electron chi connectivity index (χ0n) is 15.3. The zero-order chi connectivity index (χ0) is 18.5. The van der Waals surface area contributed by atoms with Gasteiger partial charge in [0.05, 0.1) is 18.1 Å². The molecule has 3 N–H and O–H groups in total. The van der Waals surface area contributed by atoms with Gasteiger partial charge in [-0.3, -0.25) is 0 Å². The number of ether oxygens (including phenoxy) is 2. The molecule has 2 aromatic carbocycles. The molecule has 0 fully saturated rings. The van der Waals surface area contributed by atoms with Gasteiger partial charge in [-0.2, -0.15) is 0 Å². The molecule has 138 valence electrons. The summed E-state index contributed by atoms with van der Waals surface area (Å²) in [6.07, 6.45) is -0.586. The van der Waals surface area contributed by atoms with E-state index in [9.17, 15) is 5.11 Å². The van der Waals surface area contributed by atoms with Gasteiger partial charge in [-0.1, -0.05) is 26.0 Å². The Bertz CT molecular complexity index is 827. The van der Waals surface area contributed by atoms with E-state index in [1.54, 1.807) is 7.11 Å². The van der Waals surface area contributed by atoms with E-state index in [1.165, 1.54) is 0 Å². The van der Waals surface area contributed by atoms with E-state index in [4.69, 9.17) is 9.47 Å². The van der Waals surface area contributed by atoms with E-state index in [2.05, 4.69) is 15.3 Å². The molecule has 0 saturated carbocycles. The molecule has 3 aromatic rings. The molecule has 1 heterocycles. The summed E-state index contributed by atoms with van der Waals surface area (Å²) in [5.74, 6) is 1.97. The van der Waals surface area contributed by atoms with Crippen LogP contribution in [0.4, 0.5) is 0 Å². The van der Waals surface area contributed by atoms with E-state index in [0.29, 0.717) is 24.1 Å². The smallest absolute Gasteiger partial charge is 0.161 e. The molecule has 3 rings (SSSR count). The number of aromatic nitrogens is 2. The van der Waals surface area contributed by atoms with Crippen molar-refractivity contribution in [2.45, 2.75) is 26.0 Å². The summed E-state index contributed by atoms with van der Waals surface area (Å²) < 4.78 is 11.2. The Morgan fingerprint density at radius 1 is 1.15 bits per heavy atom. The summed E-state index contributed by atoms with van der Waals surface area (Å²) in [5.41, 5.74) is 2.82. The maximum absolute atomic E-state index is 9.99. The number of benzene rings is 2. The number of nitrogens with one attached hydrogen (secondary N) is 2. The van der Waals surface area contributed by atoms with Crippen molar-refractivity contribution < 1.29 is 14.6 Å². The number of aromatic amines is 1. The van der Waals surface area contributed by atoms with Gasteiger partial charge in [0.25, 0.3) is 0 Å². The highest BCUT2D eigenvalue weighted by atomic mass is 16.5. The number of nitrogens with zero attached hydrogens (tertiary/aromatic N) is 1. The van der Waals surface area contributed by atoms with Gasteiger partial charge in [0.2, 0.25) is 0 Å². The number of rotatable bonds is 8. The van der Waals surface area contributed by atoms with E-state index in [-0.39, 0.29) is 6.61 Å². The first-order valence-corrected chi connectivity index (χ1v) is 8.74. The number of hydrogen-bond acceptors (Lipinski definition) is 5. The van der Waals surface area contributed by atoms with E-state index < -0.39 is 6.10 Å². The van der Waals surface area contributed by atoms with Gasteiger partial charge in [0.15, 0.2) is 11.5 Å². The maximum atomic E-state index is 9.99. The molecular weight excluding hydrogens is 330 g/mol. The fraction of sp³-hybridized carbons (Fsp3) is 0.350. The topological polar surface area (TPSA) is 79.4 Å². The molecule has 1 atom stereocenters. The lowest BCUT2D eigenvalue weighted by Gasteiger charge is -2.16. The predicted octanol–water partition coefficient (Wildman–Crippen LogP) is 2.98. The van der Waals surface area contributed by atoms with Crippen LogP contribution >= 0.6 is 0 Å². The Morgan fingerprint density at radius 2 is 1.96 bits per heavy atom. The number of para-hydroxylation sites is 2. The summed E-state index contributed by atoms with van der Waals surface area (Å²) in [6.45, 7) is 4.75. The number of imidazole rings is 1. The fourth-order valence-electron chi connectivity index (χ4n) is 2.64. The number of aliphatic hydroxyl groups excluding tert-OH is 1. The van der Waals surface area contributed by atoms with Crippen molar-refractivity contribution in [3.63, 3.8) is 0 Å². The van der Waals surface area contributed by atoms with Gasteiger partial charge < -0.3 is 24.9 Å². The monoisotopic (exact) mass is 355 g/mol. The average molecular weight is 355 g/mol. The molecule has 0 aliphatic rings. The molecule has 6 heteroatoms. The van der Waals surface area contributed by atoms with Crippen LogP contribution in [0.2, 0.25) is 0 Å². The van der Waals surface area contributed by atoms with Gasteiger partial charge in [0.1, 0.15) is 18.5 Å². The second-order valence-electron chi connectivity index (χ2n) is 6.50. The summed E-state index contributed by atoms with van der Waals surface area (Å²) in [6, 6.07) is 13.9. The second kappa shape index (κ2) is 8.21. The van der Waals surface area contributed by atoms with Gasteiger partial charge in [-0.05, 0) is 30.3 Å². The summed E-state index contributed by atoms with van der Waals surface area (Å²) in [7, 11) is 1.60. The third-order valence-corrected chi connectivity index (χ3v) is 4.02. The van der Waals surface area contributed by atoms with E-state index in [1.807, 2.05) is 56.3 Å². The Morgan fingerprint density at radius 3 is 2.69 bits per heavy atom. The minimum absolute atomic E-state index is 0.195. The number of fused-ring (bicyclic) bond motifs is 1.